The Bertz CT molecular complexity index is 387. The van der Waals surface area contributed by atoms with Crippen molar-refractivity contribution < 1.29 is 4.79 Å². The first-order valence-corrected chi connectivity index (χ1v) is 7.82. The highest BCUT2D eigenvalue weighted by molar-refractivity contribution is 8.00. The molecular formula is C14H18ClNOS. The molecule has 1 aliphatic rings. The molecule has 1 aromatic rings. The maximum absolute atomic E-state index is 11.9. The number of hydrogen-bond donors (Lipinski definition) is 1. The van der Waals surface area contributed by atoms with Crippen molar-refractivity contribution in [1.29, 1.82) is 0 Å². The third kappa shape index (κ3) is 4.21. The quantitative estimate of drug-likeness (QED) is 0.919. The number of carbonyl (C=O) groups excluding carboxylic acids is 1. The lowest BCUT2D eigenvalue weighted by molar-refractivity contribution is -0.120. The van der Waals surface area contributed by atoms with E-state index in [0.29, 0.717) is 6.54 Å². The van der Waals surface area contributed by atoms with Crippen molar-refractivity contribution >= 4 is 29.3 Å². The molecule has 1 saturated heterocycles. The largest absolute Gasteiger partial charge is 0.355 e. The van der Waals surface area contributed by atoms with Gasteiger partial charge in [0.2, 0.25) is 5.91 Å². The molecule has 2 nitrogen and oxygen atoms in total. The lowest BCUT2D eigenvalue weighted by Gasteiger charge is -2.20. The van der Waals surface area contributed by atoms with Crippen LogP contribution >= 0.6 is 23.4 Å². The van der Waals surface area contributed by atoms with Crippen LogP contribution in [0.3, 0.4) is 0 Å². The highest BCUT2D eigenvalue weighted by Gasteiger charge is 2.20. The Hall–Kier alpha value is -0.670. The van der Waals surface area contributed by atoms with Gasteiger partial charge in [0.1, 0.15) is 0 Å². The number of rotatable bonds is 4. The summed E-state index contributed by atoms with van der Waals surface area (Å²) in [6.45, 7) is 0.706. The van der Waals surface area contributed by atoms with E-state index in [1.165, 1.54) is 18.4 Å². The lowest BCUT2D eigenvalue weighted by Crippen LogP contribution is -2.35. The number of nitrogens with one attached hydrogen (secondary N) is 1. The van der Waals surface area contributed by atoms with Crippen LogP contribution in [0.4, 0.5) is 0 Å². The molecule has 0 bridgehead atoms. The van der Waals surface area contributed by atoms with Gasteiger partial charge in [-0.15, -0.1) is 11.8 Å². The summed E-state index contributed by atoms with van der Waals surface area (Å²) in [6, 6.07) is 7.78. The van der Waals surface area contributed by atoms with Crippen LogP contribution < -0.4 is 5.32 Å². The minimum Gasteiger partial charge on any atom is -0.355 e. The average Bonchev–Trinajstić information content (AvgIpc) is 2.42. The third-order valence-corrected chi connectivity index (χ3v) is 4.73. The molecule has 1 N–H and O–H groups in total. The Morgan fingerprint density at radius 1 is 1.33 bits per heavy atom. The first-order valence-electron chi connectivity index (χ1n) is 6.39. The second kappa shape index (κ2) is 7.05. The molecule has 1 aromatic carbocycles. The van der Waals surface area contributed by atoms with Crippen molar-refractivity contribution in [1.82, 2.24) is 5.32 Å². The smallest absolute Gasteiger partial charge is 0.233 e. The lowest BCUT2D eigenvalue weighted by atomic mass is 10.1. The van der Waals surface area contributed by atoms with E-state index in [1.54, 1.807) is 11.8 Å². The predicted molar refractivity (Wildman–Crippen MR) is 78.3 cm³/mol. The Morgan fingerprint density at radius 2 is 2.11 bits per heavy atom. The number of hydrogen-bond acceptors (Lipinski definition) is 2. The fourth-order valence-corrected chi connectivity index (χ4v) is 3.39. The van der Waals surface area contributed by atoms with Gasteiger partial charge >= 0.3 is 0 Å². The van der Waals surface area contributed by atoms with Crippen molar-refractivity contribution in [2.45, 2.75) is 30.9 Å². The van der Waals surface area contributed by atoms with Crippen LogP contribution in [0.15, 0.2) is 24.3 Å². The molecular weight excluding hydrogens is 266 g/mol. The van der Waals surface area contributed by atoms with E-state index in [4.69, 9.17) is 11.6 Å². The topological polar surface area (TPSA) is 29.1 Å². The van der Waals surface area contributed by atoms with Crippen LogP contribution in [0, 0.1) is 0 Å². The van der Waals surface area contributed by atoms with Gasteiger partial charge in [-0.3, -0.25) is 4.79 Å². The Balaban J connectivity index is 1.71. The van der Waals surface area contributed by atoms with E-state index in [2.05, 4.69) is 5.32 Å². The van der Waals surface area contributed by atoms with E-state index in [1.807, 2.05) is 24.3 Å². The zero-order chi connectivity index (χ0) is 12.8. The molecule has 0 saturated carbocycles. The third-order valence-electron chi connectivity index (χ3n) is 3.10. The van der Waals surface area contributed by atoms with E-state index in [0.717, 1.165) is 23.6 Å². The van der Waals surface area contributed by atoms with E-state index >= 15 is 0 Å². The summed E-state index contributed by atoms with van der Waals surface area (Å²) in [5.41, 5.74) is 1.20. The molecule has 1 unspecified atom stereocenters. The molecule has 4 heteroatoms. The Morgan fingerprint density at radius 3 is 2.78 bits per heavy atom. The monoisotopic (exact) mass is 283 g/mol. The summed E-state index contributed by atoms with van der Waals surface area (Å²) in [4.78, 5) is 11.9. The summed E-state index contributed by atoms with van der Waals surface area (Å²) < 4.78 is 0. The fourth-order valence-electron chi connectivity index (χ4n) is 2.04. The SMILES string of the molecule is O=C(NCCc1ccc(Cl)cc1)C1CCCCS1. The maximum atomic E-state index is 11.9. The van der Waals surface area contributed by atoms with Gasteiger partial charge in [-0.1, -0.05) is 30.2 Å². The average molecular weight is 284 g/mol. The Labute approximate surface area is 117 Å². The van der Waals surface area contributed by atoms with Crippen LogP contribution in [0.2, 0.25) is 5.02 Å². The van der Waals surface area contributed by atoms with Gasteiger partial charge in [0.25, 0.3) is 0 Å². The molecule has 1 amide bonds. The summed E-state index contributed by atoms with van der Waals surface area (Å²) in [6.07, 6.45) is 4.32. The van der Waals surface area contributed by atoms with Crippen LogP contribution in [-0.4, -0.2) is 23.5 Å². The van der Waals surface area contributed by atoms with Gasteiger partial charge in [0.15, 0.2) is 0 Å². The fraction of sp³-hybridized carbons (Fsp3) is 0.500. The van der Waals surface area contributed by atoms with Gasteiger partial charge in [0.05, 0.1) is 5.25 Å². The summed E-state index contributed by atoms with van der Waals surface area (Å²) in [5, 5.41) is 3.94. The summed E-state index contributed by atoms with van der Waals surface area (Å²) in [5.74, 6) is 1.32. The number of carbonyl (C=O) groups is 1. The van der Waals surface area contributed by atoms with Crippen molar-refractivity contribution in [3.8, 4) is 0 Å². The Kier molecular flexibility index (Phi) is 5.39. The molecule has 18 heavy (non-hydrogen) atoms. The zero-order valence-corrected chi connectivity index (χ0v) is 11.9. The molecule has 1 heterocycles. The molecule has 1 aliphatic heterocycles. The normalized spacial score (nSPS) is 19.5. The number of benzene rings is 1. The van der Waals surface area contributed by atoms with E-state index in [-0.39, 0.29) is 11.2 Å². The van der Waals surface area contributed by atoms with E-state index in [9.17, 15) is 4.79 Å². The van der Waals surface area contributed by atoms with Crippen molar-refractivity contribution in [2.75, 3.05) is 12.3 Å². The second-order valence-electron chi connectivity index (χ2n) is 4.52. The van der Waals surface area contributed by atoms with Gasteiger partial charge < -0.3 is 5.32 Å². The zero-order valence-electron chi connectivity index (χ0n) is 10.3. The summed E-state index contributed by atoms with van der Waals surface area (Å²) >= 11 is 7.62. The van der Waals surface area contributed by atoms with Gasteiger partial charge in [-0.2, -0.15) is 0 Å². The molecule has 1 fully saturated rings. The number of amides is 1. The highest BCUT2D eigenvalue weighted by atomic mass is 35.5. The second-order valence-corrected chi connectivity index (χ2v) is 6.27. The van der Waals surface area contributed by atoms with E-state index < -0.39 is 0 Å². The van der Waals surface area contributed by atoms with Gasteiger partial charge in [-0.25, -0.2) is 0 Å². The molecule has 0 aliphatic carbocycles. The maximum Gasteiger partial charge on any atom is 0.233 e. The number of halogens is 1. The molecule has 2 rings (SSSR count). The van der Waals surface area contributed by atoms with Crippen LogP contribution in [0.25, 0.3) is 0 Å². The van der Waals surface area contributed by atoms with Crippen LogP contribution in [0.1, 0.15) is 24.8 Å². The van der Waals surface area contributed by atoms with Gasteiger partial charge in [0, 0.05) is 11.6 Å². The standard InChI is InChI=1S/C14H18ClNOS/c15-12-6-4-11(5-7-12)8-9-16-14(17)13-3-1-2-10-18-13/h4-7,13H,1-3,8-10H2,(H,16,17). The predicted octanol–water partition coefficient (Wildman–Crippen LogP) is 3.28. The first kappa shape index (κ1) is 13.8. The summed E-state index contributed by atoms with van der Waals surface area (Å²) in [7, 11) is 0. The first-order chi connectivity index (χ1) is 8.75. The molecule has 1 atom stereocenters. The number of thioether (sulfide) groups is 1. The minimum absolute atomic E-state index is 0.170. The van der Waals surface area contributed by atoms with Crippen molar-refractivity contribution in [2.24, 2.45) is 0 Å². The van der Waals surface area contributed by atoms with Crippen molar-refractivity contribution in [3.63, 3.8) is 0 Å². The van der Waals surface area contributed by atoms with Crippen LogP contribution in [0.5, 0.6) is 0 Å². The molecule has 0 spiro atoms. The minimum atomic E-state index is 0.170. The highest BCUT2D eigenvalue weighted by Crippen LogP contribution is 2.24. The molecule has 0 radical (unpaired) electrons. The van der Waals surface area contributed by atoms with Gasteiger partial charge in [-0.05, 0) is 42.7 Å². The molecule has 98 valence electrons. The molecule has 0 aromatic heterocycles. The van der Waals surface area contributed by atoms with Crippen LogP contribution in [-0.2, 0) is 11.2 Å². The van der Waals surface area contributed by atoms with Crippen molar-refractivity contribution in [3.05, 3.63) is 34.9 Å².